The summed E-state index contributed by atoms with van der Waals surface area (Å²) in [5, 5.41) is 4.78. The number of benzene rings is 1. The molecule has 2 aromatic rings. The Morgan fingerprint density at radius 1 is 1.52 bits per heavy atom. The number of carbonyl (C=O) groups excluding carboxylic acids is 1. The molecule has 12 heteroatoms. The van der Waals surface area contributed by atoms with Gasteiger partial charge < -0.3 is 10.1 Å². The molecule has 29 heavy (non-hydrogen) atoms. The molecule has 1 aromatic heterocycles. The van der Waals surface area contributed by atoms with Gasteiger partial charge in [-0.25, -0.2) is 9.37 Å². The van der Waals surface area contributed by atoms with Crippen molar-refractivity contribution in [3.05, 3.63) is 45.6 Å². The number of anilines is 1. The summed E-state index contributed by atoms with van der Waals surface area (Å²) in [6.45, 7) is 2.37. The lowest BCUT2D eigenvalue weighted by atomic mass is 10.1. The van der Waals surface area contributed by atoms with Crippen LogP contribution in [0.2, 0.25) is 5.02 Å². The molecule has 158 valence electrons. The van der Waals surface area contributed by atoms with Gasteiger partial charge in [-0.05, 0) is 31.5 Å². The molecule has 0 saturated carbocycles. The maximum absolute atomic E-state index is 13.4. The van der Waals surface area contributed by atoms with E-state index in [1.54, 1.807) is 18.5 Å². The van der Waals surface area contributed by atoms with E-state index in [2.05, 4.69) is 15.0 Å². The molecule has 0 radical (unpaired) electrons. The molecular weight excluding hydrogens is 443 g/mol. The molecule has 2 atom stereocenters. The molecule has 1 amide bonds. The predicted molar refractivity (Wildman–Crippen MR) is 109 cm³/mol. The first-order valence-corrected chi connectivity index (χ1v) is 11.5. The van der Waals surface area contributed by atoms with Gasteiger partial charge in [0.2, 0.25) is 5.91 Å². The van der Waals surface area contributed by atoms with Crippen LogP contribution in [0.5, 0.6) is 0 Å². The average molecular weight is 463 g/mol. The normalized spacial score (nSPS) is 21.8. The Kier molecular flexibility index (Phi) is 7.19. The first-order valence-electron chi connectivity index (χ1n) is 8.84. The molecular formula is C17H20ClFN4O4S2. The number of aromatic nitrogens is 1. The molecule has 1 fully saturated rings. The maximum Gasteiger partial charge on any atom is 0.280 e. The summed E-state index contributed by atoms with van der Waals surface area (Å²) in [6.07, 6.45) is 1.75. The Hall–Kier alpha value is -1.63. The summed E-state index contributed by atoms with van der Waals surface area (Å²) in [5.41, 5.74) is 0.271. The minimum absolute atomic E-state index is 0.00994. The fourth-order valence-electron chi connectivity index (χ4n) is 2.97. The fourth-order valence-corrected chi connectivity index (χ4v) is 5.47. The van der Waals surface area contributed by atoms with Crippen LogP contribution in [0.4, 0.5) is 10.1 Å². The Labute approximate surface area is 177 Å². The lowest BCUT2D eigenvalue weighted by Gasteiger charge is -2.37. The number of rotatable bonds is 7. The van der Waals surface area contributed by atoms with E-state index in [1.807, 2.05) is 0 Å². The first-order chi connectivity index (χ1) is 13.8. The smallest absolute Gasteiger partial charge is 0.280 e. The zero-order valence-electron chi connectivity index (χ0n) is 15.5. The number of halogens is 2. The van der Waals surface area contributed by atoms with Crippen molar-refractivity contribution in [2.75, 3.05) is 25.1 Å². The van der Waals surface area contributed by atoms with Gasteiger partial charge in [0.1, 0.15) is 16.9 Å². The molecule has 1 saturated heterocycles. The monoisotopic (exact) mass is 462 g/mol. The first kappa shape index (κ1) is 22.1. The second kappa shape index (κ2) is 9.45. The Bertz CT molecular complexity index is 958. The molecule has 3 rings (SSSR count). The largest absolute Gasteiger partial charge is 0.380 e. The lowest BCUT2D eigenvalue weighted by molar-refractivity contribution is -0.120. The molecule has 0 unspecified atom stereocenters. The predicted octanol–water partition coefficient (Wildman–Crippen LogP) is 2.56. The van der Waals surface area contributed by atoms with Crippen molar-refractivity contribution >= 4 is 44.7 Å². The molecule has 0 aliphatic carbocycles. The van der Waals surface area contributed by atoms with E-state index in [1.165, 1.54) is 23.5 Å². The quantitative estimate of drug-likeness (QED) is 0.616. The van der Waals surface area contributed by atoms with Crippen LogP contribution >= 0.6 is 22.9 Å². The number of thiazole rings is 1. The minimum atomic E-state index is -3.96. The van der Waals surface area contributed by atoms with Gasteiger partial charge in [0.25, 0.3) is 10.2 Å². The Balaban J connectivity index is 1.85. The number of ether oxygens (including phenoxy) is 1. The highest BCUT2D eigenvalue weighted by Gasteiger charge is 2.43. The van der Waals surface area contributed by atoms with Gasteiger partial charge in [0.15, 0.2) is 0 Å². The minimum Gasteiger partial charge on any atom is -0.380 e. The zero-order chi connectivity index (χ0) is 21.0. The highest BCUT2D eigenvalue weighted by Crippen LogP contribution is 2.30. The molecule has 8 nitrogen and oxygen atoms in total. The van der Waals surface area contributed by atoms with Gasteiger partial charge in [-0.1, -0.05) is 11.6 Å². The van der Waals surface area contributed by atoms with Crippen molar-refractivity contribution in [3.63, 3.8) is 0 Å². The zero-order valence-corrected chi connectivity index (χ0v) is 17.9. The fraction of sp³-hybridized carbons (Fsp3) is 0.412. The van der Waals surface area contributed by atoms with Crippen LogP contribution in [0.1, 0.15) is 24.4 Å². The Morgan fingerprint density at radius 2 is 2.31 bits per heavy atom. The van der Waals surface area contributed by atoms with Crippen molar-refractivity contribution < 1.29 is 22.3 Å². The van der Waals surface area contributed by atoms with Gasteiger partial charge in [0.05, 0.1) is 17.7 Å². The molecule has 1 aliphatic heterocycles. The van der Waals surface area contributed by atoms with E-state index in [9.17, 15) is 17.6 Å². The number of hydrogen-bond acceptors (Lipinski definition) is 6. The summed E-state index contributed by atoms with van der Waals surface area (Å²) < 4.78 is 48.0. The third-order valence-corrected chi connectivity index (χ3v) is 7.12. The van der Waals surface area contributed by atoms with Gasteiger partial charge >= 0.3 is 0 Å². The highest BCUT2D eigenvalue weighted by atomic mass is 35.5. The van der Waals surface area contributed by atoms with E-state index in [-0.39, 0.29) is 30.3 Å². The van der Waals surface area contributed by atoms with E-state index in [0.717, 1.165) is 10.4 Å². The van der Waals surface area contributed by atoms with Gasteiger partial charge in [-0.2, -0.15) is 17.4 Å². The van der Waals surface area contributed by atoms with Crippen molar-refractivity contribution in [2.24, 2.45) is 0 Å². The van der Waals surface area contributed by atoms with Crippen LogP contribution < -0.4 is 10.0 Å². The van der Waals surface area contributed by atoms with Crippen LogP contribution in [-0.4, -0.2) is 49.4 Å². The van der Waals surface area contributed by atoms with Crippen LogP contribution in [0.25, 0.3) is 0 Å². The lowest BCUT2D eigenvalue weighted by Crippen LogP contribution is -2.58. The van der Waals surface area contributed by atoms with Crippen LogP contribution in [0, 0.1) is 5.82 Å². The molecule has 1 aliphatic rings. The molecule has 2 N–H and O–H groups in total. The number of nitrogens with one attached hydrogen (secondary N) is 2. The van der Waals surface area contributed by atoms with Crippen molar-refractivity contribution in [1.82, 2.24) is 14.0 Å². The topological polar surface area (TPSA) is 101 Å². The van der Waals surface area contributed by atoms with Crippen molar-refractivity contribution in [1.29, 1.82) is 0 Å². The summed E-state index contributed by atoms with van der Waals surface area (Å²) in [7, 11) is -3.96. The maximum atomic E-state index is 13.4. The highest BCUT2D eigenvalue weighted by molar-refractivity contribution is 7.87. The number of hydrogen-bond donors (Lipinski definition) is 2. The number of amides is 1. The van der Waals surface area contributed by atoms with E-state index in [0.29, 0.717) is 11.6 Å². The van der Waals surface area contributed by atoms with E-state index >= 15 is 0 Å². The third-order valence-electron chi connectivity index (χ3n) is 4.31. The molecule has 1 aromatic carbocycles. The molecule has 0 spiro atoms. The molecule has 0 bridgehead atoms. The van der Waals surface area contributed by atoms with Gasteiger partial charge in [0, 0.05) is 30.4 Å². The second-order valence-corrected chi connectivity index (χ2v) is 9.21. The van der Waals surface area contributed by atoms with Crippen LogP contribution in [0.3, 0.4) is 0 Å². The number of carbonyl (C=O) groups is 1. The number of nitrogens with zero attached hydrogens (tertiary/aromatic N) is 2. The standard InChI is InChI=1S/C17H20ClFN4O4S2/c1-2-27-7-6-23-15(16(24)21-11-3-4-13(19)12(18)9-11)10-14(22-29(23,25)26)17-20-5-8-28-17/h3-5,8-9,14-15,22H,2,6-7,10H2,1H3,(H,21,24)/t14-,15+/m1/s1. The van der Waals surface area contributed by atoms with Crippen molar-refractivity contribution in [2.45, 2.75) is 25.4 Å². The van der Waals surface area contributed by atoms with Crippen molar-refractivity contribution in [3.8, 4) is 0 Å². The summed E-state index contributed by atoms with van der Waals surface area (Å²) >= 11 is 7.07. The Morgan fingerprint density at radius 3 is 2.97 bits per heavy atom. The summed E-state index contributed by atoms with van der Waals surface area (Å²) in [5.74, 6) is -1.16. The second-order valence-electron chi connectivity index (χ2n) is 6.22. The summed E-state index contributed by atoms with van der Waals surface area (Å²) in [4.78, 5) is 17.1. The van der Waals surface area contributed by atoms with E-state index < -0.39 is 34.0 Å². The van der Waals surface area contributed by atoms with Gasteiger partial charge in [-0.15, -0.1) is 11.3 Å². The van der Waals surface area contributed by atoms with E-state index in [4.69, 9.17) is 16.3 Å². The SMILES string of the molecule is CCOCCN1[C@H](C(=O)Nc2ccc(F)c(Cl)c2)C[C@H](c2nccs2)NS1(=O)=O. The summed E-state index contributed by atoms with van der Waals surface area (Å²) in [6, 6.07) is 2.13. The molecule has 2 heterocycles. The van der Waals surface area contributed by atoms with Crippen LogP contribution in [-0.2, 0) is 19.7 Å². The third kappa shape index (κ3) is 5.30. The van der Waals surface area contributed by atoms with Crippen LogP contribution in [0.15, 0.2) is 29.8 Å². The average Bonchev–Trinajstić information content (AvgIpc) is 3.20. The van der Waals surface area contributed by atoms with Gasteiger partial charge in [-0.3, -0.25) is 4.79 Å².